The van der Waals surface area contributed by atoms with Gasteiger partial charge in [0, 0.05) is 8.95 Å². The standard InChI is InChI=1S/C46H56Br2/c1-3-5-7-9-11-13-15-17-19-35-21-25-37(26-22-35)45-41-31-29-39(47)33-43(41)44-34-40(48)30-32-42(44)46(45)38-27-23-36(24-28-38)20-18-16-14-12-10-8-6-4-2/h21-34H,3-20H2,1-2H3. The van der Waals surface area contributed by atoms with E-state index in [2.05, 4.69) is 131 Å². The molecule has 0 radical (unpaired) electrons. The average molecular weight is 769 g/mol. The third kappa shape index (κ3) is 10.3. The Morgan fingerprint density at radius 1 is 0.354 bits per heavy atom. The maximum absolute atomic E-state index is 3.78. The molecule has 0 atom stereocenters. The second-order valence-electron chi connectivity index (χ2n) is 14.0. The zero-order valence-electron chi connectivity index (χ0n) is 29.6. The predicted octanol–water partition coefficient (Wildman–Crippen LogP) is 16.2. The molecule has 5 aromatic rings. The van der Waals surface area contributed by atoms with Crippen LogP contribution in [0.15, 0.2) is 93.9 Å². The Bertz CT molecular complexity index is 1570. The van der Waals surface area contributed by atoms with Crippen LogP contribution in [-0.4, -0.2) is 0 Å². The largest absolute Gasteiger partial charge is 0.0654 e. The van der Waals surface area contributed by atoms with Gasteiger partial charge in [-0.2, -0.15) is 0 Å². The summed E-state index contributed by atoms with van der Waals surface area (Å²) in [5, 5.41) is 5.18. The van der Waals surface area contributed by atoms with Crippen molar-refractivity contribution < 1.29 is 0 Å². The van der Waals surface area contributed by atoms with Gasteiger partial charge in [0.1, 0.15) is 0 Å². The van der Waals surface area contributed by atoms with E-state index in [1.165, 1.54) is 171 Å². The summed E-state index contributed by atoms with van der Waals surface area (Å²) in [5.74, 6) is 0. The Labute approximate surface area is 308 Å². The molecule has 254 valence electrons. The van der Waals surface area contributed by atoms with Gasteiger partial charge < -0.3 is 0 Å². The van der Waals surface area contributed by atoms with Crippen molar-refractivity contribution in [2.24, 2.45) is 0 Å². The number of aryl methyl sites for hydroxylation is 2. The molecule has 0 N–H and O–H groups in total. The van der Waals surface area contributed by atoms with Crippen molar-refractivity contribution in [2.45, 2.75) is 129 Å². The molecule has 0 aromatic heterocycles. The fourth-order valence-electron chi connectivity index (χ4n) is 7.39. The number of halogens is 2. The molecule has 0 bridgehead atoms. The van der Waals surface area contributed by atoms with Gasteiger partial charge in [0.25, 0.3) is 0 Å². The van der Waals surface area contributed by atoms with Crippen LogP contribution >= 0.6 is 31.9 Å². The van der Waals surface area contributed by atoms with Gasteiger partial charge >= 0.3 is 0 Å². The summed E-state index contributed by atoms with van der Waals surface area (Å²) in [6.07, 6.45) is 24.2. The molecule has 5 rings (SSSR count). The lowest BCUT2D eigenvalue weighted by atomic mass is 9.84. The Morgan fingerprint density at radius 3 is 1.04 bits per heavy atom. The minimum Gasteiger partial charge on any atom is -0.0654 e. The molecule has 0 aliphatic heterocycles. The molecule has 0 spiro atoms. The molecular formula is C46H56Br2. The number of benzene rings is 5. The highest BCUT2D eigenvalue weighted by Gasteiger charge is 2.18. The fraction of sp³-hybridized carbons (Fsp3) is 0.435. The van der Waals surface area contributed by atoms with E-state index < -0.39 is 0 Å². The molecule has 0 aliphatic rings. The Kier molecular flexibility index (Phi) is 15.1. The first-order chi connectivity index (χ1) is 23.6. The number of rotatable bonds is 20. The highest BCUT2D eigenvalue weighted by atomic mass is 79.9. The van der Waals surface area contributed by atoms with Crippen LogP contribution in [-0.2, 0) is 12.8 Å². The normalized spacial score (nSPS) is 11.6. The van der Waals surface area contributed by atoms with E-state index >= 15 is 0 Å². The van der Waals surface area contributed by atoms with Crippen molar-refractivity contribution in [2.75, 3.05) is 0 Å². The van der Waals surface area contributed by atoms with Gasteiger partial charge in [0.15, 0.2) is 0 Å². The van der Waals surface area contributed by atoms with Gasteiger partial charge in [0.2, 0.25) is 0 Å². The number of unbranched alkanes of at least 4 members (excludes halogenated alkanes) is 14. The Balaban J connectivity index is 1.39. The SMILES string of the molecule is CCCCCCCCCCc1ccc(-c2c(-c3ccc(CCCCCCCCCC)cc3)c3ccc(Br)cc3c3cc(Br)ccc23)cc1. The average Bonchev–Trinajstić information content (AvgIpc) is 3.11. The number of fused-ring (bicyclic) bond motifs is 3. The molecule has 48 heavy (non-hydrogen) atoms. The maximum atomic E-state index is 3.78. The van der Waals surface area contributed by atoms with Gasteiger partial charge in [0.05, 0.1) is 0 Å². The predicted molar refractivity (Wildman–Crippen MR) is 220 cm³/mol. The summed E-state index contributed by atoms with van der Waals surface area (Å²) < 4.78 is 2.22. The Morgan fingerprint density at radius 2 is 0.688 bits per heavy atom. The summed E-state index contributed by atoms with van der Waals surface area (Å²) >= 11 is 7.56. The van der Waals surface area contributed by atoms with E-state index in [1.807, 2.05) is 0 Å². The van der Waals surface area contributed by atoms with Crippen LogP contribution in [0, 0.1) is 0 Å². The van der Waals surface area contributed by atoms with Gasteiger partial charge in [-0.05, 0) is 105 Å². The van der Waals surface area contributed by atoms with Crippen LogP contribution in [0.3, 0.4) is 0 Å². The molecule has 0 aliphatic carbocycles. The lowest BCUT2D eigenvalue weighted by molar-refractivity contribution is 0.575. The third-order valence-electron chi connectivity index (χ3n) is 10.2. The second-order valence-corrected chi connectivity index (χ2v) is 15.8. The van der Waals surface area contributed by atoms with Crippen LogP contribution in [0.1, 0.15) is 128 Å². The summed E-state index contributed by atoms with van der Waals surface area (Å²) in [6.45, 7) is 4.59. The monoisotopic (exact) mass is 766 g/mol. The molecule has 0 heterocycles. The van der Waals surface area contributed by atoms with E-state index in [0.29, 0.717) is 0 Å². The molecule has 0 unspecified atom stereocenters. The first kappa shape index (κ1) is 36.9. The highest BCUT2D eigenvalue weighted by molar-refractivity contribution is 9.10. The topological polar surface area (TPSA) is 0 Å². The van der Waals surface area contributed by atoms with Crippen LogP contribution in [0.2, 0.25) is 0 Å². The molecule has 5 aromatic carbocycles. The summed E-state index contributed by atoms with van der Waals surface area (Å²) in [6, 6.07) is 32.6. The summed E-state index contributed by atoms with van der Waals surface area (Å²) in [5.41, 5.74) is 8.17. The van der Waals surface area contributed by atoms with Crippen LogP contribution in [0.5, 0.6) is 0 Å². The van der Waals surface area contributed by atoms with Crippen molar-refractivity contribution in [1.82, 2.24) is 0 Å². The first-order valence-electron chi connectivity index (χ1n) is 19.1. The highest BCUT2D eigenvalue weighted by Crippen LogP contribution is 2.45. The van der Waals surface area contributed by atoms with Gasteiger partial charge in [-0.1, -0.05) is 196 Å². The molecule has 0 saturated carbocycles. The Hall–Kier alpha value is -2.42. The maximum Gasteiger partial charge on any atom is 0.0181 e. The van der Waals surface area contributed by atoms with Crippen LogP contribution in [0.25, 0.3) is 43.8 Å². The van der Waals surface area contributed by atoms with E-state index in [9.17, 15) is 0 Å². The molecule has 0 nitrogen and oxygen atoms in total. The van der Waals surface area contributed by atoms with E-state index in [-0.39, 0.29) is 0 Å². The van der Waals surface area contributed by atoms with E-state index in [0.717, 1.165) is 8.95 Å². The third-order valence-corrected chi connectivity index (χ3v) is 11.2. The minimum atomic E-state index is 1.11. The van der Waals surface area contributed by atoms with Crippen molar-refractivity contribution in [1.29, 1.82) is 0 Å². The zero-order chi connectivity index (χ0) is 33.6. The van der Waals surface area contributed by atoms with Crippen LogP contribution < -0.4 is 0 Å². The molecule has 0 saturated heterocycles. The van der Waals surface area contributed by atoms with Crippen molar-refractivity contribution in [3.63, 3.8) is 0 Å². The van der Waals surface area contributed by atoms with E-state index in [1.54, 1.807) is 0 Å². The summed E-state index contributed by atoms with van der Waals surface area (Å²) in [7, 11) is 0. The number of hydrogen-bond acceptors (Lipinski definition) is 0. The lowest BCUT2D eigenvalue weighted by Crippen LogP contribution is -1.94. The number of hydrogen-bond donors (Lipinski definition) is 0. The van der Waals surface area contributed by atoms with Crippen molar-refractivity contribution >= 4 is 53.4 Å². The fourth-order valence-corrected chi connectivity index (χ4v) is 8.11. The van der Waals surface area contributed by atoms with Gasteiger partial charge in [-0.25, -0.2) is 0 Å². The van der Waals surface area contributed by atoms with Crippen LogP contribution in [0.4, 0.5) is 0 Å². The van der Waals surface area contributed by atoms with E-state index in [4.69, 9.17) is 0 Å². The molecule has 0 amide bonds. The lowest BCUT2D eigenvalue weighted by Gasteiger charge is -2.19. The quantitative estimate of drug-likeness (QED) is 0.0546. The van der Waals surface area contributed by atoms with Crippen molar-refractivity contribution in [3.8, 4) is 22.3 Å². The van der Waals surface area contributed by atoms with Gasteiger partial charge in [-0.15, -0.1) is 0 Å². The smallest absolute Gasteiger partial charge is 0.0181 e. The molecular weight excluding hydrogens is 712 g/mol. The van der Waals surface area contributed by atoms with Gasteiger partial charge in [-0.3, -0.25) is 0 Å². The summed E-state index contributed by atoms with van der Waals surface area (Å²) in [4.78, 5) is 0. The molecule has 2 heteroatoms. The first-order valence-corrected chi connectivity index (χ1v) is 20.7. The zero-order valence-corrected chi connectivity index (χ0v) is 32.7. The second kappa shape index (κ2) is 19.7. The minimum absolute atomic E-state index is 1.11. The molecule has 0 fully saturated rings. The van der Waals surface area contributed by atoms with Crippen molar-refractivity contribution in [3.05, 3.63) is 105 Å².